The van der Waals surface area contributed by atoms with Gasteiger partial charge in [-0.25, -0.2) is 4.98 Å². The van der Waals surface area contributed by atoms with Gasteiger partial charge in [0.2, 0.25) is 0 Å². The summed E-state index contributed by atoms with van der Waals surface area (Å²) in [6, 6.07) is 2.22. The van der Waals surface area contributed by atoms with Crippen LogP contribution in [0.1, 0.15) is 24.6 Å². The van der Waals surface area contributed by atoms with E-state index in [1.165, 1.54) is 17.7 Å². The van der Waals surface area contributed by atoms with Gasteiger partial charge in [0.05, 0.1) is 5.52 Å². The summed E-state index contributed by atoms with van der Waals surface area (Å²) in [6.45, 7) is 4.59. The van der Waals surface area contributed by atoms with E-state index in [0.717, 1.165) is 23.4 Å². The molecule has 4 heteroatoms. The van der Waals surface area contributed by atoms with Crippen LogP contribution in [0.4, 0.5) is 0 Å². The Bertz CT molecular complexity index is 467. The molecule has 16 heavy (non-hydrogen) atoms. The predicted molar refractivity (Wildman–Crippen MR) is 66.9 cm³/mol. The second-order valence-corrected chi connectivity index (χ2v) is 5.70. The van der Waals surface area contributed by atoms with Gasteiger partial charge in [0.15, 0.2) is 0 Å². The maximum Gasteiger partial charge on any atom is 0.142 e. The van der Waals surface area contributed by atoms with Gasteiger partial charge in [-0.3, -0.25) is 4.98 Å². The fraction of sp³-hybridized carbons (Fsp3) is 0.500. The lowest BCUT2D eigenvalue weighted by Crippen LogP contribution is -2.37. The van der Waals surface area contributed by atoms with E-state index in [2.05, 4.69) is 28.3 Å². The Morgan fingerprint density at radius 1 is 1.25 bits per heavy atom. The van der Waals surface area contributed by atoms with Crippen LogP contribution in [-0.4, -0.2) is 23.1 Å². The quantitative estimate of drug-likeness (QED) is 0.821. The van der Waals surface area contributed by atoms with Crippen molar-refractivity contribution in [1.29, 1.82) is 0 Å². The molecule has 3 nitrogen and oxygen atoms in total. The normalized spacial score (nSPS) is 20.1. The van der Waals surface area contributed by atoms with E-state index in [1.54, 1.807) is 23.7 Å². The van der Waals surface area contributed by atoms with Gasteiger partial charge in [0.25, 0.3) is 0 Å². The molecular weight excluding hydrogens is 218 g/mol. The SMILES string of the molecule is CC1(c2cc3nccnc3s2)CCNCC1. The van der Waals surface area contributed by atoms with Crippen molar-refractivity contribution in [3.63, 3.8) is 0 Å². The molecule has 1 aliphatic heterocycles. The predicted octanol–water partition coefficient (Wildman–Crippen LogP) is 2.33. The van der Waals surface area contributed by atoms with Crippen LogP contribution in [0.25, 0.3) is 10.3 Å². The number of thiophene rings is 1. The largest absolute Gasteiger partial charge is 0.317 e. The summed E-state index contributed by atoms with van der Waals surface area (Å²) in [6.07, 6.45) is 5.95. The summed E-state index contributed by atoms with van der Waals surface area (Å²) >= 11 is 1.80. The molecule has 84 valence electrons. The van der Waals surface area contributed by atoms with Crippen molar-refractivity contribution in [2.45, 2.75) is 25.2 Å². The minimum atomic E-state index is 0.318. The molecule has 0 radical (unpaired) electrons. The fourth-order valence-electron chi connectivity index (χ4n) is 2.29. The summed E-state index contributed by atoms with van der Waals surface area (Å²) in [5.74, 6) is 0. The number of nitrogens with zero attached hydrogens (tertiary/aromatic N) is 2. The number of nitrogens with one attached hydrogen (secondary N) is 1. The second kappa shape index (κ2) is 3.79. The monoisotopic (exact) mass is 233 g/mol. The van der Waals surface area contributed by atoms with Crippen LogP contribution in [0.15, 0.2) is 18.5 Å². The van der Waals surface area contributed by atoms with Crippen LogP contribution in [0.2, 0.25) is 0 Å². The van der Waals surface area contributed by atoms with Crippen molar-refractivity contribution >= 4 is 21.7 Å². The van der Waals surface area contributed by atoms with Gasteiger partial charge in [-0.15, -0.1) is 11.3 Å². The molecule has 0 aromatic carbocycles. The first-order valence-electron chi connectivity index (χ1n) is 5.70. The van der Waals surface area contributed by atoms with Crippen LogP contribution in [0.5, 0.6) is 0 Å². The lowest BCUT2D eigenvalue weighted by atomic mass is 9.80. The van der Waals surface area contributed by atoms with Gasteiger partial charge < -0.3 is 5.32 Å². The van der Waals surface area contributed by atoms with Gasteiger partial charge in [0.1, 0.15) is 4.83 Å². The van der Waals surface area contributed by atoms with Crippen molar-refractivity contribution in [3.8, 4) is 0 Å². The molecule has 1 saturated heterocycles. The van der Waals surface area contributed by atoms with Gasteiger partial charge in [0, 0.05) is 22.7 Å². The average Bonchev–Trinajstić information content (AvgIpc) is 2.74. The molecule has 0 bridgehead atoms. The Morgan fingerprint density at radius 3 is 2.75 bits per heavy atom. The van der Waals surface area contributed by atoms with E-state index >= 15 is 0 Å². The van der Waals surface area contributed by atoms with Crippen LogP contribution in [0, 0.1) is 0 Å². The van der Waals surface area contributed by atoms with E-state index in [0.29, 0.717) is 5.41 Å². The van der Waals surface area contributed by atoms with Crippen LogP contribution in [0.3, 0.4) is 0 Å². The Kier molecular flexibility index (Phi) is 2.41. The second-order valence-electron chi connectivity index (χ2n) is 4.67. The molecule has 1 fully saturated rings. The number of aromatic nitrogens is 2. The molecule has 3 rings (SSSR count). The highest BCUT2D eigenvalue weighted by molar-refractivity contribution is 7.18. The van der Waals surface area contributed by atoms with Gasteiger partial charge >= 0.3 is 0 Å². The summed E-state index contributed by atoms with van der Waals surface area (Å²) in [5, 5.41) is 3.42. The number of rotatable bonds is 1. The zero-order valence-corrected chi connectivity index (χ0v) is 10.2. The summed E-state index contributed by atoms with van der Waals surface area (Å²) in [7, 11) is 0. The summed E-state index contributed by atoms with van der Waals surface area (Å²) in [5.41, 5.74) is 1.36. The molecule has 0 spiro atoms. The summed E-state index contributed by atoms with van der Waals surface area (Å²) < 4.78 is 0. The zero-order valence-electron chi connectivity index (χ0n) is 9.36. The topological polar surface area (TPSA) is 37.8 Å². The first kappa shape index (κ1) is 10.2. The first-order valence-corrected chi connectivity index (χ1v) is 6.51. The molecule has 0 aliphatic carbocycles. The molecular formula is C12H15N3S. The van der Waals surface area contributed by atoms with Gasteiger partial charge in [-0.05, 0) is 32.0 Å². The number of piperidine rings is 1. The lowest BCUT2D eigenvalue weighted by Gasteiger charge is -2.32. The minimum Gasteiger partial charge on any atom is -0.317 e. The van der Waals surface area contributed by atoms with E-state index in [1.807, 2.05) is 0 Å². The molecule has 1 aliphatic rings. The van der Waals surface area contributed by atoms with Crippen molar-refractivity contribution < 1.29 is 0 Å². The van der Waals surface area contributed by atoms with Crippen molar-refractivity contribution in [3.05, 3.63) is 23.3 Å². The highest BCUT2D eigenvalue weighted by Gasteiger charge is 2.30. The number of hydrogen-bond acceptors (Lipinski definition) is 4. The molecule has 2 aromatic heterocycles. The molecule has 0 amide bonds. The third-order valence-corrected chi connectivity index (χ3v) is 4.81. The van der Waals surface area contributed by atoms with E-state index in [4.69, 9.17) is 0 Å². The Labute approximate surface area is 98.9 Å². The lowest BCUT2D eigenvalue weighted by molar-refractivity contribution is 0.341. The van der Waals surface area contributed by atoms with Crippen molar-refractivity contribution in [1.82, 2.24) is 15.3 Å². The third-order valence-electron chi connectivity index (χ3n) is 3.47. The van der Waals surface area contributed by atoms with Crippen LogP contribution in [-0.2, 0) is 5.41 Å². The average molecular weight is 233 g/mol. The minimum absolute atomic E-state index is 0.318. The van der Waals surface area contributed by atoms with Crippen LogP contribution >= 0.6 is 11.3 Å². The molecule has 0 unspecified atom stereocenters. The highest BCUT2D eigenvalue weighted by atomic mass is 32.1. The van der Waals surface area contributed by atoms with E-state index in [9.17, 15) is 0 Å². The van der Waals surface area contributed by atoms with Gasteiger partial charge in [-0.2, -0.15) is 0 Å². The van der Waals surface area contributed by atoms with Gasteiger partial charge in [-0.1, -0.05) is 6.92 Å². The Balaban J connectivity index is 2.04. The molecule has 0 saturated carbocycles. The highest BCUT2D eigenvalue weighted by Crippen LogP contribution is 2.38. The van der Waals surface area contributed by atoms with E-state index < -0.39 is 0 Å². The standard InChI is InChI=1S/C12H15N3S/c1-12(2-4-13-5-3-12)10-8-9-11(16-10)15-7-6-14-9/h6-8,13H,2-5H2,1H3. The fourth-order valence-corrected chi connectivity index (χ4v) is 3.45. The molecule has 3 heterocycles. The van der Waals surface area contributed by atoms with Crippen molar-refractivity contribution in [2.75, 3.05) is 13.1 Å². The number of hydrogen-bond donors (Lipinski definition) is 1. The Morgan fingerprint density at radius 2 is 2.00 bits per heavy atom. The summed E-state index contributed by atoms with van der Waals surface area (Å²) in [4.78, 5) is 11.2. The molecule has 1 N–H and O–H groups in total. The zero-order chi connectivity index (χ0) is 11.0. The van der Waals surface area contributed by atoms with Crippen LogP contribution < -0.4 is 5.32 Å². The maximum atomic E-state index is 4.37. The number of fused-ring (bicyclic) bond motifs is 1. The molecule has 2 aromatic rings. The van der Waals surface area contributed by atoms with Crippen molar-refractivity contribution in [2.24, 2.45) is 0 Å². The first-order chi connectivity index (χ1) is 7.78. The maximum absolute atomic E-state index is 4.37. The van der Waals surface area contributed by atoms with E-state index in [-0.39, 0.29) is 0 Å². The molecule has 0 atom stereocenters. The smallest absolute Gasteiger partial charge is 0.142 e. The Hall–Kier alpha value is -1.00. The third kappa shape index (κ3) is 1.62.